The van der Waals surface area contributed by atoms with Crippen molar-refractivity contribution in [2.45, 2.75) is 51.8 Å². The largest absolute Gasteiger partial charge is 0.304 e. The fourth-order valence-electron chi connectivity index (χ4n) is 1.13. The lowest BCUT2D eigenvalue weighted by atomic mass is 10.2. The Hall–Kier alpha value is -0.130. The number of nitrogens with one attached hydrogen (secondary N) is 1. The van der Waals surface area contributed by atoms with Crippen LogP contribution >= 0.6 is 0 Å². The highest BCUT2D eigenvalue weighted by Crippen LogP contribution is 1.99. The van der Waals surface area contributed by atoms with Gasteiger partial charge in [-0.05, 0) is 54.1 Å². The predicted molar refractivity (Wildman–Crippen MR) is 69.1 cm³/mol. The molecule has 98 valence electrons. The van der Waals surface area contributed by atoms with E-state index in [9.17, 15) is 8.42 Å². The van der Waals surface area contributed by atoms with Crippen molar-refractivity contribution in [1.82, 2.24) is 9.62 Å². The summed E-state index contributed by atoms with van der Waals surface area (Å²) in [4.78, 5) is 2.26. The molecule has 0 rings (SSSR count). The van der Waals surface area contributed by atoms with Gasteiger partial charge in [-0.2, -0.15) is 0 Å². The summed E-state index contributed by atoms with van der Waals surface area (Å²) in [6.45, 7) is 9.25. The number of nitrogens with zero attached hydrogens (tertiary/aromatic N) is 1. The van der Waals surface area contributed by atoms with Gasteiger partial charge in [0.2, 0.25) is 10.0 Å². The zero-order valence-corrected chi connectivity index (χ0v) is 12.0. The Bertz CT molecular complexity index is 274. The molecule has 0 atom stereocenters. The molecule has 0 saturated carbocycles. The maximum absolute atomic E-state index is 11.4. The van der Waals surface area contributed by atoms with E-state index in [1.807, 2.05) is 0 Å². The molecule has 0 aromatic rings. The van der Waals surface area contributed by atoms with Crippen LogP contribution in [0.4, 0.5) is 0 Å². The van der Waals surface area contributed by atoms with Gasteiger partial charge < -0.3 is 4.90 Å². The second kappa shape index (κ2) is 7.25. The van der Waals surface area contributed by atoms with Crippen molar-refractivity contribution < 1.29 is 8.42 Å². The van der Waals surface area contributed by atoms with Crippen LogP contribution in [0, 0.1) is 0 Å². The van der Waals surface area contributed by atoms with Crippen molar-refractivity contribution in [3.05, 3.63) is 0 Å². The predicted octanol–water partition coefficient (Wildman–Crippen LogP) is 1.43. The molecule has 0 aliphatic rings. The molecule has 0 heterocycles. The first kappa shape index (κ1) is 15.9. The molecule has 0 saturated heterocycles. The molecule has 0 fully saturated rings. The van der Waals surface area contributed by atoms with E-state index in [2.05, 4.69) is 30.5 Å². The van der Waals surface area contributed by atoms with E-state index in [0.717, 1.165) is 19.4 Å². The lowest BCUT2D eigenvalue weighted by Crippen LogP contribution is -2.32. The van der Waals surface area contributed by atoms with Gasteiger partial charge in [-0.1, -0.05) is 0 Å². The van der Waals surface area contributed by atoms with Crippen LogP contribution in [0.15, 0.2) is 0 Å². The summed E-state index contributed by atoms with van der Waals surface area (Å²) in [7, 11) is -0.993. The van der Waals surface area contributed by atoms with Crippen LogP contribution in [-0.2, 0) is 10.0 Å². The average Bonchev–Trinajstić information content (AvgIpc) is 2.16. The SMILES string of the molecule is CC(C)N(C)CCCCNS(=O)(=O)C(C)C. The summed E-state index contributed by atoms with van der Waals surface area (Å²) >= 11 is 0. The van der Waals surface area contributed by atoms with Gasteiger partial charge in [-0.25, -0.2) is 13.1 Å². The topological polar surface area (TPSA) is 49.4 Å². The van der Waals surface area contributed by atoms with Crippen molar-refractivity contribution in [3.8, 4) is 0 Å². The molecule has 0 aromatic heterocycles. The summed E-state index contributed by atoms with van der Waals surface area (Å²) < 4.78 is 25.4. The minimum Gasteiger partial charge on any atom is -0.304 e. The second-order valence-electron chi connectivity index (χ2n) is 4.77. The average molecular weight is 250 g/mol. The van der Waals surface area contributed by atoms with E-state index in [1.165, 1.54) is 0 Å². The van der Waals surface area contributed by atoms with Crippen molar-refractivity contribution in [3.63, 3.8) is 0 Å². The van der Waals surface area contributed by atoms with E-state index >= 15 is 0 Å². The van der Waals surface area contributed by atoms with Crippen molar-refractivity contribution >= 4 is 10.0 Å². The Balaban J connectivity index is 3.63. The zero-order valence-electron chi connectivity index (χ0n) is 11.2. The Labute approximate surface area is 100 Å². The van der Waals surface area contributed by atoms with E-state index in [-0.39, 0.29) is 5.25 Å². The zero-order chi connectivity index (χ0) is 12.8. The van der Waals surface area contributed by atoms with E-state index in [1.54, 1.807) is 13.8 Å². The highest BCUT2D eigenvalue weighted by Gasteiger charge is 2.14. The van der Waals surface area contributed by atoms with Crippen LogP contribution in [-0.4, -0.2) is 44.7 Å². The highest BCUT2D eigenvalue weighted by molar-refractivity contribution is 7.90. The van der Waals surface area contributed by atoms with Crippen LogP contribution < -0.4 is 4.72 Å². The molecule has 0 radical (unpaired) electrons. The van der Waals surface area contributed by atoms with Crippen molar-refractivity contribution in [2.24, 2.45) is 0 Å². The summed E-state index contributed by atoms with van der Waals surface area (Å²) in [5.74, 6) is 0. The first-order valence-electron chi connectivity index (χ1n) is 5.96. The molecule has 0 aromatic carbocycles. The number of hydrogen-bond acceptors (Lipinski definition) is 3. The number of hydrogen-bond donors (Lipinski definition) is 1. The monoisotopic (exact) mass is 250 g/mol. The highest BCUT2D eigenvalue weighted by atomic mass is 32.2. The van der Waals surface area contributed by atoms with Gasteiger partial charge in [0.1, 0.15) is 0 Å². The summed E-state index contributed by atoms with van der Waals surface area (Å²) in [5, 5.41) is -0.342. The van der Waals surface area contributed by atoms with Crippen molar-refractivity contribution in [1.29, 1.82) is 0 Å². The van der Waals surface area contributed by atoms with Gasteiger partial charge in [0.15, 0.2) is 0 Å². The summed E-state index contributed by atoms with van der Waals surface area (Å²) in [5.41, 5.74) is 0. The second-order valence-corrected chi connectivity index (χ2v) is 7.09. The minimum absolute atomic E-state index is 0.342. The molecule has 0 spiro atoms. The molecule has 0 unspecified atom stereocenters. The Morgan fingerprint density at radius 2 is 1.69 bits per heavy atom. The third-order valence-electron chi connectivity index (χ3n) is 2.74. The maximum atomic E-state index is 11.4. The van der Waals surface area contributed by atoms with Gasteiger partial charge in [0.05, 0.1) is 5.25 Å². The lowest BCUT2D eigenvalue weighted by Gasteiger charge is -2.20. The molecule has 4 nitrogen and oxygen atoms in total. The van der Waals surface area contributed by atoms with Crippen LogP contribution in [0.2, 0.25) is 0 Å². The fourth-order valence-corrected chi connectivity index (χ4v) is 1.89. The summed E-state index contributed by atoms with van der Waals surface area (Å²) in [6, 6.07) is 0.548. The van der Waals surface area contributed by atoms with Crippen LogP contribution in [0.1, 0.15) is 40.5 Å². The smallest absolute Gasteiger partial charge is 0.213 e. The van der Waals surface area contributed by atoms with Gasteiger partial charge in [-0.3, -0.25) is 0 Å². The Morgan fingerprint density at radius 3 is 2.12 bits per heavy atom. The third-order valence-corrected chi connectivity index (χ3v) is 4.59. The van der Waals surface area contributed by atoms with Crippen LogP contribution in [0.3, 0.4) is 0 Å². The van der Waals surface area contributed by atoms with Gasteiger partial charge in [0.25, 0.3) is 0 Å². The van der Waals surface area contributed by atoms with E-state index in [0.29, 0.717) is 12.6 Å². The molecule has 0 bridgehead atoms. The normalized spacial score (nSPS) is 13.0. The van der Waals surface area contributed by atoms with Gasteiger partial charge in [0, 0.05) is 12.6 Å². The van der Waals surface area contributed by atoms with E-state index < -0.39 is 10.0 Å². The maximum Gasteiger partial charge on any atom is 0.213 e. The lowest BCUT2D eigenvalue weighted by molar-refractivity contribution is 0.268. The third kappa shape index (κ3) is 6.45. The number of sulfonamides is 1. The van der Waals surface area contributed by atoms with Crippen LogP contribution in [0.25, 0.3) is 0 Å². The first-order chi connectivity index (χ1) is 7.27. The fraction of sp³-hybridized carbons (Fsp3) is 1.00. The van der Waals surface area contributed by atoms with Crippen LogP contribution in [0.5, 0.6) is 0 Å². The number of rotatable bonds is 8. The molecule has 5 heteroatoms. The van der Waals surface area contributed by atoms with Gasteiger partial charge >= 0.3 is 0 Å². The van der Waals surface area contributed by atoms with Crippen molar-refractivity contribution in [2.75, 3.05) is 20.1 Å². The molecule has 1 N–H and O–H groups in total. The number of unbranched alkanes of at least 4 members (excludes halogenated alkanes) is 1. The van der Waals surface area contributed by atoms with E-state index in [4.69, 9.17) is 0 Å². The molecule has 0 aliphatic carbocycles. The quantitative estimate of drug-likeness (QED) is 0.663. The Kier molecular flexibility index (Phi) is 7.19. The van der Waals surface area contributed by atoms with Gasteiger partial charge in [-0.15, -0.1) is 0 Å². The minimum atomic E-state index is -3.08. The molecule has 0 amide bonds. The summed E-state index contributed by atoms with van der Waals surface area (Å²) in [6.07, 6.45) is 1.91. The first-order valence-corrected chi connectivity index (χ1v) is 7.50. The standard InChI is InChI=1S/C11H26N2O2S/c1-10(2)13(5)9-7-6-8-12-16(14,15)11(3)4/h10-12H,6-9H2,1-5H3. The molecular formula is C11H26N2O2S. The molecule has 16 heavy (non-hydrogen) atoms. The Morgan fingerprint density at radius 1 is 1.12 bits per heavy atom. The molecule has 0 aliphatic heterocycles. The molecular weight excluding hydrogens is 224 g/mol.